The van der Waals surface area contributed by atoms with E-state index >= 15 is 0 Å². The summed E-state index contributed by atoms with van der Waals surface area (Å²) in [6.07, 6.45) is 6.11. The number of alkyl halides is 2. The van der Waals surface area contributed by atoms with Gasteiger partial charge in [-0.25, -0.2) is 0 Å². The van der Waals surface area contributed by atoms with Crippen LogP contribution in [0.25, 0.3) is 6.08 Å². The van der Waals surface area contributed by atoms with E-state index in [-0.39, 0.29) is 17.7 Å². The summed E-state index contributed by atoms with van der Waals surface area (Å²) in [7, 11) is 0. The van der Waals surface area contributed by atoms with E-state index in [4.69, 9.17) is 0 Å². The lowest BCUT2D eigenvalue weighted by molar-refractivity contribution is -0.129. The Bertz CT molecular complexity index is 517. The Hall–Kier alpha value is -1.91. The summed E-state index contributed by atoms with van der Waals surface area (Å²) in [5.41, 5.74) is 0.468. The lowest BCUT2D eigenvalue weighted by Gasteiger charge is -2.32. The molecular weight excluding hydrogens is 276 g/mol. The van der Waals surface area contributed by atoms with Crippen LogP contribution in [0.15, 0.2) is 30.3 Å². The topological polar surface area (TPSA) is 29.5 Å². The summed E-state index contributed by atoms with van der Waals surface area (Å²) in [6, 6.07) is 6.65. The predicted molar refractivity (Wildman–Crippen MR) is 77.1 cm³/mol. The molecule has 5 heteroatoms. The third-order valence-electron chi connectivity index (χ3n) is 3.63. The van der Waals surface area contributed by atoms with Gasteiger partial charge in [-0.3, -0.25) is 4.79 Å². The average Bonchev–Trinajstić information content (AvgIpc) is 2.46. The van der Waals surface area contributed by atoms with E-state index in [1.54, 1.807) is 18.2 Å². The summed E-state index contributed by atoms with van der Waals surface area (Å²) >= 11 is 0. The van der Waals surface area contributed by atoms with Crippen LogP contribution in [0.1, 0.15) is 31.7 Å². The minimum atomic E-state index is -2.88. The molecule has 0 saturated carbocycles. The maximum Gasteiger partial charge on any atom is 0.387 e. The Morgan fingerprint density at radius 1 is 1.38 bits per heavy atom. The van der Waals surface area contributed by atoms with Crippen molar-refractivity contribution >= 4 is 12.0 Å². The van der Waals surface area contributed by atoms with E-state index in [0.717, 1.165) is 25.8 Å². The molecule has 3 nitrogen and oxygen atoms in total. The number of rotatable bonds is 4. The van der Waals surface area contributed by atoms with Crippen molar-refractivity contribution < 1.29 is 18.3 Å². The van der Waals surface area contributed by atoms with E-state index in [0.29, 0.717) is 5.56 Å². The highest BCUT2D eigenvalue weighted by molar-refractivity contribution is 5.92. The number of carbonyl (C=O) groups excluding carboxylic acids is 1. The molecule has 1 amide bonds. The molecule has 1 atom stereocenters. The Balaban J connectivity index is 2.08. The van der Waals surface area contributed by atoms with Crippen molar-refractivity contribution in [3.63, 3.8) is 0 Å². The number of hydrogen-bond donors (Lipinski definition) is 0. The van der Waals surface area contributed by atoms with Gasteiger partial charge >= 0.3 is 6.61 Å². The number of nitrogens with zero attached hydrogens (tertiary/aromatic N) is 1. The molecule has 114 valence electrons. The van der Waals surface area contributed by atoms with Gasteiger partial charge in [0.05, 0.1) is 0 Å². The van der Waals surface area contributed by atoms with Crippen molar-refractivity contribution in [1.29, 1.82) is 0 Å². The third kappa shape index (κ3) is 4.28. The van der Waals surface area contributed by atoms with Gasteiger partial charge in [0.2, 0.25) is 5.91 Å². The molecule has 0 aliphatic carbocycles. The molecular formula is C16H19F2NO2. The molecule has 2 rings (SSSR count). The average molecular weight is 295 g/mol. The van der Waals surface area contributed by atoms with Crippen LogP contribution >= 0.6 is 0 Å². The first-order valence-electron chi connectivity index (χ1n) is 7.10. The molecule has 0 bridgehead atoms. The summed E-state index contributed by atoms with van der Waals surface area (Å²) in [4.78, 5) is 14.0. The second-order valence-corrected chi connectivity index (χ2v) is 5.13. The minimum Gasteiger partial charge on any atom is -0.434 e. The van der Waals surface area contributed by atoms with Crippen molar-refractivity contribution in [2.75, 3.05) is 6.54 Å². The van der Waals surface area contributed by atoms with Crippen molar-refractivity contribution in [3.8, 4) is 5.75 Å². The van der Waals surface area contributed by atoms with Crippen LogP contribution in [0.3, 0.4) is 0 Å². The number of ether oxygens (including phenoxy) is 1. The zero-order valence-corrected chi connectivity index (χ0v) is 12.0. The lowest BCUT2D eigenvalue weighted by atomic mass is 10.0. The first-order valence-corrected chi connectivity index (χ1v) is 7.10. The second-order valence-electron chi connectivity index (χ2n) is 5.13. The number of carbonyl (C=O) groups is 1. The van der Waals surface area contributed by atoms with Crippen molar-refractivity contribution in [2.24, 2.45) is 0 Å². The van der Waals surface area contributed by atoms with Crippen molar-refractivity contribution in [3.05, 3.63) is 35.9 Å². The number of piperidine rings is 1. The fourth-order valence-corrected chi connectivity index (χ4v) is 2.50. The molecule has 1 heterocycles. The minimum absolute atomic E-state index is 0.0724. The molecule has 1 aromatic carbocycles. The van der Waals surface area contributed by atoms with Gasteiger partial charge in [-0.1, -0.05) is 18.2 Å². The van der Waals surface area contributed by atoms with E-state index in [1.165, 1.54) is 18.2 Å². The molecule has 1 aromatic rings. The Kier molecular flexibility index (Phi) is 5.31. The Labute approximate surface area is 123 Å². The first kappa shape index (κ1) is 15.5. The smallest absolute Gasteiger partial charge is 0.387 e. The number of benzene rings is 1. The lowest BCUT2D eigenvalue weighted by Crippen LogP contribution is -2.41. The largest absolute Gasteiger partial charge is 0.434 e. The molecule has 0 aromatic heterocycles. The number of hydrogen-bond acceptors (Lipinski definition) is 2. The van der Waals surface area contributed by atoms with Gasteiger partial charge in [0.15, 0.2) is 0 Å². The van der Waals surface area contributed by atoms with Crippen LogP contribution in [-0.4, -0.2) is 30.0 Å². The van der Waals surface area contributed by atoms with Crippen molar-refractivity contribution in [1.82, 2.24) is 4.90 Å². The number of halogens is 2. The number of likely N-dealkylation sites (tertiary alicyclic amines) is 1. The van der Waals surface area contributed by atoms with Gasteiger partial charge in [0.1, 0.15) is 5.75 Å². The quantitative estimate of drug-likeness (QED) is 0.793. The van der Waals surface area contributed by atoms with Crippen LogP contribution in [0.4, 0.5) is 8.78 Å². The van der Waals surface area contributed by atoms with Crippen LogP contribution in [0.2, 0.25) is 0 Å². The number of amides is 1. The highest BCUT2D eigenvalue weighted by Gasteiger charge is 2.21. The predicted octanol–water partition coefficient (Wildman–Crippen LogP) is 3.70. The Morgan fingerprint density at radius 3 is 2.86 bits per heavy atom. The van der Waals surface area contributed by atoms with Gasteiger partial charge in [-0.2, -0.15) is 8.78 Å². The van der Waals surface area contributed by atoms with Gasteiger partial charge in [0, 0.05) is 24.2 Å². The highest BCUT2D eigenvalue weighted by atomic mass is 19.3. The van der Waals surface area contributed by atoms with E-state index in [2.05, 4.69) is 4.74 Å². The monoisotopic (exact) mass is 295 g/mol. The Morgan fingerprint density at radius 2 is 2.14 bits per heavy atom. The fraction of sp³-hybridized carbons (Fsp3) is 0.438. The highest BCUT2D eigenvalue weighted by Crippen LogP contribution is 2.22. The summed E-state index contributed by atoms with van der Waals surface area (Å²) in [5.74, 6) is -0.0164. The van der Waals surface area contributed by atoms with Crippen LogP contribution in [-0.2, 0) is 4.79 Å². The van der Waals surface area contributed by atoms with E-state index in [1.807, 2.05) is 11.8 Å². The van der Waals surface area contributed by atoms with Crippen LogP contribution in [0.5, 0.6) is 5.75 Å². The van der Waals surface area contributed by atoms with Gasteiger partial charge in [0.25, 0.3) is 0 Å². The molecule has 0 N–H and O–H groups in total. The third-order valence-corrected chi connectivity index (χ3v) is 3.63. The van der Waals surface area contributed by atoms with E-state index in [9.17, 15) is 13.6 Å². The fourth-order valence-electron chi connectivity index (χ4n) is 2.50. The molecule has 1 fully saturated rings. The van der Waals surface area contributed by atoms with Crippen LogP contribution in [0, 0.1) is 0 Å². The van der Waals surface area contributed by atoms with E-state index < -0.39 is 6.61 Å². The van der Waals surface area contributed by atoms with Crippen molar-refractivity contribution in [2.45, 2.75) is 38.8 Å². The zero-order chi connectivity index (χ0) is 15.2. The van der Waals surface area contributed by atoms with Gasteiger partial charge < -0.3 is 9.64 Å². The van der Waals surface area contributed by atoms with Crippen LogP contribution < -0.4 is 4.74 Å². The number of para-hydroxylation sites is 1. The summed E-state index contributed by atoms with van der Waals surface area (Å²) < 4.78 is 29.1. The molecule has 1 aliphatic rings. The summed E-state index contributed by atoms with van der Waals surface area (Å²) in [6.45, 7) is -0.101. The molecule has 1 unspecified atom stereocenters. The molecule has 1 aliphatic heterocycles. The standard InChI is InChI=1S/C16H19F2NO2/c1-12-6-4-5-11-19(12)15(20)10-9-13-7-2-3-8-14(13)21-16(17)18/h2-3,7-10,12,16H,4-6,11H2,1H3/b10-9+. The van der Waals surface area contributed by atoms with Gasteiger partial charge in [-0.15, -0.1) is 0 Å². The molecule has 0 radical (unpaired) electrons. The first-order chi connectivity index (χ1) is 10.1. The normalized spacial score (nSPS) is 19.2. The molecule has 1 saturated heterocycles. The molecule has 0 spiro atoms. The zero-order valence-electron chi connectivity index (χ0n) is 12.0. The van der Waals surface area contributed by atoms with Gasteiger partial charge in [-0.05, 0) is 38.3 Å². The maximum absolute atomic E-state index is 12.3. The maximum atomic E-state index is 12.3. The second kappa shape index (κ2) is 7.20. The summed E-state index contributed by atoms with van der Waals surface area (Å²) in [5, 5.41) is 0. The SMILES string of the molecule is CC1CCCCN1C(=O)/C=C/c1ccccc1OC(F)F. The molecule has 21 heavy (non-hydrogen) atoms.